The molecule has 0 radical (unpaired) electrons. The Morgan fingerprint density at radius 2 is 1.79 bits per heavy atom. The number of aromatic nitrogens is 2. The van der Waals surface area contributed by atoms with Crippen LogP contribution in [-0.2, 0) is 11.3 Å². The van der Waals surface area contributed by atoms with Gasteiger partial charge in [0.15, 0.2) is 0 Å². The van der Waals surface area contributed by atoms with Crippen LogP contribution in [0.1, 0.15) is 40.9 Å². The molecule has 0 aliphatic rings. The molecule has 0 fully saturated rings. The van der Waals surface area contributed by atoms with E-state index in [2.05, 4.69) is 31.0 Å². The molecular weight excluding hydrogens is 368 g/mol. The van der Waals surface area contributed by atoms with Gasteiger partial charge in [0, 0.05) is 24.4 Å². The fourth-order valence-electron chi connectivity index (χ4n) is 3.34. The summed E-state index contributed by atoms with van der Waals surface area (Å²) < 4.78 is 17.5. The first-order valence-corrected chi connectivity index (χ1v) is 9.43. The average Bonchev–Trinajstić information content (AvgIpc) is 3.23. The summed E-state index contributed by atoms with van der Waals surface area (Å²) in [6.07, 6.45) is 2.77. The van der Waals surface area contributed by atoms with Crippen LogP contribution in [0.3, 0.4) is 0 Å². The van der Waals surface area contributed by atoms with Crippen molar-refractivity contribution in [1.29, 1.82) is 0 Å². The van der Waals surface area contributed by atoms with Crippen molar-refractivity contribution in [3.63, 3.8) is 0 Å². The highest BCUT2D eigenvalue weighted by Gasteiger charge is 2.21. The van der Waals surface area contributed by atoms with Crippen LogP contribution in [0.25, 0.3) is 0 Å². The van der Waals surface area contributed by atoms with Crippen LogP contribution >= 0.6 is 0 Å². The Labute approximate surface area is 171 Å². The fourth-order valence-corrected chi connectivity index (χ4v) is 3.34. The lowest BCUT2D eigenvalue weighted by Crippen LogP contribution is -2.18. The van der Waals surface area contributed by atoms with E-state index in [1.807, 2.05) is 25.1 Å². The Morgan fingerprint density at radius 3 is 2.45 bits per heavy atom. The van der Waals surface area contributed by atoms with Crippen molar-refractivity contribution >= 4 is 6.09 Å². The van der Waals surface area contributed by atoms with Gasteiger partial charge in [-0.1, -0.05) is 25.1 Å². The van der Waals surface area contributed by atoms with Crippen molar-refractivity contribution in [2.45, 2.75) is 33.3 Å². The van der Waals surface area contributed by atoms with Crippen LogP contribution in [0.4, 0.5) is 4.79 Å². The molecule has 0 saturated carbocycles. The Bertz CT molecular complexity index is 988. The van der Waals surface area contributed by atoms with E-state index in [1.165, 1.54) is 15.7 Å². The summed E-state index contributed by atoms with van der Waals surface area (Å²) in [6, 6.07) is 11.6. The van der Waals surface area contributed by atoms with E-state index in [0.717, 1.165) is 11.1 Å². The second-order valence-corrected chi connectivity index (χ2v) is 6.94. The molecule has 0 aliphatic heterocycles. The highest BCUT2D eigenvalue weighted by molar-refractivity contribution is 5.71. The Balaban J connectivity index is 1.78. The molecule has 29 heavy (non-hydrogen) atoms. The number of nitrogens with zero attached hydrogens (tertiary/aromatic N) is 2. The zero-order valence-electron chi connectivity index (χ0n) is 17.4. The third-order valence-electron chi connectivity index (χ3n) is 5.14. The SMILES string of the molecule is COc1cc(COC(=O)n2ccnc2[C@@H](C)c2cccc(C)c2C)cc(OC)c1. The summed E-state index contributed by atoms with van der Waals surface area (Å²) in [5.41, 5.74) is 4.33. The van der Waals surface area contributed by atoms with Gasteiger partial charge in [-0.3, -0.25) is 0 Å². The summed E-state index contributed by atoms with van der Waals surface area (Å²) >= 11 is 0. The maximum atomic E-state index is 12.7. The normalized spacial score (nSPS) is 11.8. The predicted molar refractivity (Wildman–Crippen MR) is 111 cm³/mol. The van der Waals surface area contributed by atoms with Crippen LogP contribution in [0, 0.1) is 13.8 Å². The van der Waals surface area contributed by atoms with Gasteiger partial charge in [0.25, 0.3) is 0 Å². The number of imidazole rings is 1. The van der Waals surface area contributed by atoms with Gasteiger partial charge >= 0.3 is 6.09 Å². The Hall–Kier alpha value is -3.28. The van der Waals surface area contributed by atoms with Crippen molar-refractivity contribution < 1.29 is 19.0 Å². The molecule has 0 unspecified atom stereocenters. The lowest BCUT2D eigenvalue weighted by Gasteiger charge is -2.17. The lowest BCUT2D eigenvalue weighted by molar-refractivity contribution is 0.140. The molecule has 1 atom stereocenters. The highest BCUT2D eigenvalue weighted by atomic mass is 16.5. The second kappa shape index (κ2) is 8.82. The van der Waals surface area contributed by atoms with E-state index in [0.29, 0.717) is 17.3 Å². The average molecular weight is 394 g/mol. The van der Waals surface area contributed by atoms with Crippen molar-refractivity contribution in [3.8, 4) is 11.5 Å². The lowest BCUT2D eigenvalue weighted by atomic mass is 9.93. The zero-order valence-corrected chi connectivity index (χ0v) is 17.4. The first-order valence-electron chi connectivity index (χ1n) is 9.43. The minimum absolute atomic E-state index is 0.0469. The number of carbonyl (C=O) groups excluding carboxylic acids is 1. The minimum atomic E-state index is -0.476. The summed E-state index contributed by atoms with van der Waals surface area (Å²) in [5.74, 6) is 1.88. The van der Waals surface area contributed by atoms with E-state index in [9.17, 15) is 4.79 Å². The molecule has 1 aromatic heterocycles. The van der Waals surface area contributed by atoms with E-state index >= 15 is 0 Å². The number of hydrogen-bond acceptors (Lipinski definition) is 5. The smallest absolute Gasteiger partial charge is 0.419 e. The molecule has 1 heterocycles. The summed E-state index contributed by atoms with van der Waals surface area (Å²) in [6.45, 7) is 6.31. The van der Waals surface area contributed by atoms with Gasteiger partial charge in [-0.15, -0.1) is 0 Å². The maximum Gasteiger partial charge on any atom is 0.419 e. The first-order chi connectivity index (χ1) is 13.9. The summed E-state index contributed by atoms with van der Waals surface area (Å²) in [7, 11) is 3.16. The monoisotopic (exact) mass is 394 g/mol. The number of rotatable bonds is 6. The molecule has 0 bridgehead atoms. The maximum absolute atomic E-state index is 12.7. The van der Waals surface area contributed by atoms with Crippen molar-refractivity contribution in [2.24, 2.45) is 0 Å². The number of methoxy groups -OCH3 is 2. The van der Waals surface area contributed by atoms with Gasteiger partial charge in [0.2, 0.25) is 0 Å². The largest absolute Gasteiger partial charge is 0.497 e. The minimum Gasteiger partial charge on any atom is -0.497 e. The van der Waals surface area contributed by atoms with Crippen molar-refractivity contribution in [2.75, 3.05) is 14.2 Å². The number of carbonyl (C=O) groups is 1. The molecule has 0 aliphatic carbocycles. The molecule has 3 rings (SSSR count). The van der Waals surface area contributed by atoms with Crippen LogP contribution < -0.4 is 9.47 Å². The van der Waals surface area contributed by atoms with Gasteiger partial charge in [-0.2, -0.15) is 0 Å². The quantitative estimate of drug-likeness (QED) is 0.598. The summed E-state index contributed by atoms with van der Waals surface area (Å²) in [5, 5.41) is 0. The van der Waals surface area contributed by atoms with Crippen molar-refractivity contribution in [3.05, 3.63) is 76.9 Å². The van der Waals surface area contributed by atoms with Crippen molar-refractivity contribution in [1.82, 2.24) is 9.55 Å². The molecule has 0 N–H and O–H groups in total. The van der Waals surface area contributed by atoms with Gasteiger partial charge < -0.3 is 14.2 Å². The molecule has 0 saturated heterocycles. The van der Waals surface area contributed by atoms with Gasteiger partial charge in [-0.25, -0.2) is 14.3 Å². The highest BCUT2D eigenvalue weighted by Crippen LogP contribution is 2.28. The third-order valence-corrected chi connectivity index (χ3v) is 5.14. The van der Waals surface area contributed by atoms with Gasteiger partial charge in [0.1, 0.15) is 23.9 Å². The predicted octanol–water partition coefficient (Wildman–Crippen LogP) is 4.85. The molecule has 152 valence electrons. The number of hydrogen-bond donors (Lipinski definition) is 0. The van der Waals surface area contributed by atoms with E-state index < -0.39 is 6.09 Å². The van der Waals surface area contributed by atoms with Crippen LogP contribution in [-0.4, -0.2) is 29.9 Å². The molecule has 3 aromatic rings. The number of ether oxygens (including phenoxy) is 3. The summed E-state index contributed by atoms with van der Waals surface area (Å²) in [4.78, 5) is 17.2. The molecule has 0 amide bonds. The van der Waals surface area contributed by atoms with E-state index in [4.69, 9.17) is 14.2 Å². The topological polar surface area (TPSA) is 62.6 Å². The standard InChI is InChI=1S/C23H26N2O4/c1-15-7-6-8-21(16(15)2)17(3)22-24-9-10-25(22)23(26)29-14-18-11-19(27-4)13-20(12-18)28-5/h6-13,17H,14H2,1-5H3/t17-/m0/s1. The molecule has 6 nitrogen and oxygen atoms in total. The van der Waals surface area contributed by atoms with Crippen LogP contribution in [0.2, 0.25) is 0 Å². The van der Waals surface area contributed by atoms with Gasteiger partial charge in [-0.05, 0) is 48.2 Å². The van der Waals surface area contributed by atoms with E-state index in [-0.39, 0.29) is 12.5 Å². The zero-order chi connectivity index (χ0) is 21.0. The van der Waals surface area contributed by atoms with Crippen LogP contribution in [0.15, 0.2) is 48.8 Å². The Morgan fingerprint density at radius 1 is 1.10 bits per heavy atom. The molecule has 6 heteroatoms. The number of aryl methyl sites for hydroxylation is 1. The molecular formula is C23H26N2O4. The first kappa shape index (κ1) is 20.5. The molecule has 2 aromatic carbocycles. The number of benzene rings is 2. The Kier molecular flexibility index (Phi) is 6.22. The second-order valence-electron chi connectivity index (χ2n) is 6.94. The third kappa shape index (κ3) is 4.42. The molecule has 0 spiro atoms. The van der Waals surface area contributed by atoms with E-state index in [1.54, 1.807) is 32.7 Å². The van der Waals surface area contributed by atoms with Gasteiger partial charge in [0.05, 0.1) is 14.2 Å². The fraction of sp³-hybridized carbons (Fsp3) is 0.304. The van der Waals surface area contributed by atoms with Crippen LogP contribution in [0.5, 0.6) is 11.5 Å².